The highest BCUT2D eigenvalue weighted by Gasteiger charge is 2.19. The van der Waals surface area contributed by atoms with E-state index in [4.69, 9.17) is 9.15 Å². The van der Waals surface area contributed by atoms with Crippen LogP contribution in [0.2, 0.25) is 0 Å². The molecule has 0 spiro atoms. The molecule has 2 N–H and O–H groups in total. The largest absolute Gasteiger partial charge is 0.482 e. The maximum atomic E-state index is 12.2. The van der Waals surface area contributed by atoms with Gasteiger partial charge in [0, 0.05) is 6.42 Å². The van der Waals surface area contributed by atoms with Crippen molar-refractivity contribution in [2.45, 2.75) is 26.3 Å². The van der Waals surface area contributed by atoms with Crippen molar-refractivity contribution in [3.8, 4) is 5.75 Å². The molecule has 120 valence electrons. The Bertz CT molecular complexity index is 751. The van der Waals surface area contributed by atoms with E-state index in [1.165, 1.54) is 0 Å². The van der Waals surface area contributed by atoms with E-state index in [-0.39, 0.29) is 24.5 Å². The molecule has 1 atom stereocenters. The molecule has 0 radical (unpaired) electrons. The molecule has 0 fully saturated rings. The summed E-state index contributed by atoms with van der Waals surface area (Å²) in [5.41, 5.74) is 1.48. The van der Waals surface area contributed by atoms with Gasteiger partial charge in [0.2, 0.25) is 0 Å². The molecule has 3 rings (SSSR count). The zero-order valence-electron chi connectivity index (χ0n) is 13.0. The number of carbonyl (C=O) groups excluding carboxylic acids is 2. The molecule has 0 saturated carbocycles. The van der Waals surface area contributed by atoms with Gasteiger partial charge in [0.25, 0.3) is 11.8 Å². The fraction of sp³-hybridized carbons (Fsp3) is 0.294. The van der Waals surface area contributed by atoms with Crippen LogP contribution < -0.4 is 15.4 Å². The summed E-state index contributed by atoms with van der Waals surface area (Å²) in [7, 11) is 0. The highest BCUT2D eigenvalue weighted by Crippen LogP contribution is 2.30. The monoisotopic (exact) mass is 314 g/mol. The van der Waals surface area contributed by atoms with E-state index in [1.54, 1.807) is 24.3 Å². The van der Waals surface area contributed by atoms with Gasteiger partial charge in [0.1, 0.15) is 11.5 Å². The summed E-state index contributed by atoms with van der Waals surface area (Å²) in [4.78, 5) is 23.6. The zero-order chi connectivity index (χ0) is 16.4. The Morgan fingerprint density at radius 2 is 2.17 bits per heavy atom. The number of carbonyl (C=O) groups is 2. The van der Waals surface area contributed by atoms with Crippen molar-refractivity contribution in [3.63, 3.8) is 0 Å². The smallest absolute Gasteiger partial charge is 0.287 e. The number of furan rings is 1. The topological polar surface area (TPSA) is 80.6 Å². The lowest BCUT2D eigenvalue weighted by atomic mass is 10.1. The number of fused-ring (bicyclic) bond motifs is 1. The predicted octanol–water partition coefficient (Wildman–Crippen LogP) is 2.66. The molecule has 1 aliphatic heterocycles. The fourth-order valence-electron chi connectivity index (χ4n) is 2.41. The van der Waals surface area contributed by atoms with Crippen LogP contribution in [-0.4, -0.2) is 18.4 Å². The van der Waals surface area contributed by atoms with Gasteiger partial charge < -0.3 is 19.8 Å². The first-order valence-corrected chi connectivity index (χ1v) is 7.53. The van der Waals surface area contributed by atoms with Crippen molar-refractivity contribution >= 4 is 17.5 Å². The van der Waals surface area contributed by atoms with Crippen molar-refractivity contribution in [3.05, 3.63) is 47.4 Å². The van der Waals surface area contributed by atoms with Crippen LogP contribution >= 0.6 is 0 Å². The van der Waals surface area contributed by atoms with E-state index in [9.17, 15) is 9.59 Å². The predicted molar refractivity (Wildman–Crippen MR) is 84.5 cm³/mol. The SMILES string of the molecule is CCc1ccc(C(=O)NC(C)c2ccc3c(c2)NC(=O)CO3)o1. The highest BCUT2D eigenvalue weighted by atomic mass is 16.5. The second kappa shape index (κ2) is 6.16. The average molecular weight is 314 g/mol. The van der Waals surface area contributed by atoms with Gasteiger partial charge in [-0.2, -0.15) is 0 Å². The third kappa shape index (κ3) is 3.21. The molecule has 1 aromatic heterocycles. The van der Waals surface area contributed by atoms with Crippen LogP contribution in [0.15, 0.2) is 34.7 Å². The quantitative estimate of drug-likeness (QED) is 0.909. The van der Waals surface area contributed by atoms with Crippen molar-refractivity contribution < 1.29 is 18.7 Å². The zero-order valence-corrected chi connectivity index (χ0v) is 13.0. The van der Waals surface area contributed by atoms with Crippen LogP contribution in [0.3, 0.4) is 0 Å². The molecule has 23 heavy (non-hydrogen) atoms. The minimum Gasteiger partial charge on any atom is -0.482 e. The maximum Gasteiger partial charge on any atom is 0.287 e. The fourth-order valence-corrected chi connectivity index (χ4v) is 2.41. The summed E-state index contributed by atoms with van der Waals surface area (Å²) in [6.45, 7) is 3.86. The molecule has 1 aliphatic rings. The van der Waals surface area contributed by atoms with E-state index in [1.807, 2.05) is 19.9 Å². The van der Waals surface area contributed by atoms with E-state index < -0.39 is 0 Å². The molecule has 0 aliphatic carbocycles. The Labute approximate surface area is 133 Å². The summed E-state index contributed by atoms with van der Waals surface area (Å²) in [6, 6.07) is 8.68. The molecule has 6 nitrogen and oxygen atoms in total. The molecule has 0 bridgehead atoms. The Kier molecular flexibility index (Phi) is 4.06. The summed E-state index contributed by atoms with van der Waals surface area (Å²) >= 11 is 0. The van der Waals surface area contributed by atoms with Crippen LogP contribution in [0.5, 0.6) is 5.75 Å². The Morgan fingerprint density at radius 1 is 1.35 bits per heavy atom. The summed E-state index contributed by atoms with van der Waals surface area (Å²) in [5.74, 6) is 1.24. The number of ether oxygens (including phenoxy) is 1. The van der Waals surface area contributed by atoms with Gasteiger partial charge in [-0.25, -0.2) is 0 Å². The Morgan fingerprint density at radius 3 is 2.91 bits per heavy atom. The van der Waals surface area contributed by atoms with Crippen molar-refractivity contribution in [2.24, 2.45) is 0 Å². The van der Waals surface area contributed by atoms with Crippen LogP contribution in [0, 0.1) is 0 Å². The number of rotatable bonds is 4. The lowest BCUT2D eigenvalue weighted by Crippen LogP contribution is -2.28. The maximum absolute atomic E-state index is 12.2. The molecular formula is C17H18N2O4. The molecular weight excluding hydrogens is 296 g/mol. The van der Waals surface area contributed by atoms with Gasteiger partial charge in [-0.1, -0.05) is 13.0 Å². The minimum atomic E-state index is -0.268. The van der Waals surface area contributed by atoms with E-state index in [0.29, 0.717) is 17.2 Å². The molecule has 1 aromatic carbocycles. The number of hydrogen-bond acceptors (Lipinski definition) is 4. The number of nitrogens with one attached hydrogen (secondary N) is 2. The second-order valence-corrected chi connectivity index (χ2v) is 5.41. The Balaban J connectivity index is 1.73. The molecule has 2 heterocycles. The number of anilines is 1. The first kappa shape index (κ1) is 15.1. The van der Waals surface area contributed by atoms with Gasteiger partial charge in [-0.15, -0.1) is 0 Å². The van der Waals surface area contributed by atoms with Crippen LogP contribution in [0.4, 0.5) is 5.69 Å². The third-order valence-electron chi connectivity index (χ3n) is 3.72. The minimum absolute atomic E-state index is 0.0247. The number of hydrogen-bond donors (Lipinski definition) is 2. The molecule has 6 heteroatoms. The van der Waals surface area contributed by atoms with Crippen LogP contribution in [0.1, 0.15) is 41.8 Å². The molecule has 1 unspecified atom stereocenters. The summed E-state index contributed by atoms with van der Waals surface area (Å²) in [5, 5.41) is 5.64. The Hall–Kier alpha value is -2.76. The van der Waals surface area contributed by atoms with E-state index >= 15 is 0 Å². The van der Waals surface area contributed by atoms with Crippen LogP contribution in [-0.2, 0) is 11.2 Å². The lowest BCUT2D eigenvalue weighted by molar-refractivity contribution is -0.118. The normalized spacial score (nSPS) is 14.4. The highest BCUT2D eigenvalue weighted by molar-refractivity contribution is 5.95. The van der Waals surface area contributed by atoms with Crippen molar-refractivity contribution in [1.82, 2.24) is 5.32 Å². The van der Waals surface area contributed by atoms with Crippen molar-refractivity contribution in [2.75, 3.05) is 11.9 Å². The molecule has 2 amide bonds. The standard InChI is InChI=1S/C17H18N2O4/c1-3-12-5-7-15(23-12)17(21)18-10(2)11-4-6-14-13(8-11)19-16(20)9-22-14/h4-8,10H,3,9H2,1-2H3,(H,18,21)(H,19,20). The first-order valence-electron chi connectivity index (χ1n) is 7.53. The van der Waals surface area contributed by atoms with Gasteiger partial charge in [0.05, 0.1) is 11.7 Å². The molecule has 2 aromatic rings. The molecule has 0 saturated heterocycles. The number of benzene rings is 1. The second-order valence-electron chi connectivity index (χ2n) is 5.41. The first-order chi connectivity index (χ1) is 11.1. The van der Waals surface area contributed by atoms with Gasteiger partial charge >= 0.3 is 0 Å². The average Bonchev–Trinajstić information content (AvgIpc) is 3.03. The summed E-state index contributed by atoms with van der Waals surface area (Å²) < 4.78 is 10.8. The number of aryl methyl sites for hydroxylation is 1. The lowest BCUT2D eigenvalue weighted by Gasteiger charge is -2.20. The van der Waals surface area contributed by atoms with Gasteiger partial charge in [-0.05, 0) is 36.8 Å². The van der Waals surface area contributed by atoms with Gasteiger partial charge in [-0.3, -0.25) is 9.59 Å². The summed E-state index contributed by atoms with van der Waals surface area (Å²) in [6.07, 6.45) is 0.743. The van der Waals surface area contributed by atoms with Gasteiger partial charge in [0.15, 0.2) is 12.4 Å². The van der Waals surface area contributed by atoms with Crippen molar-refractivity contribution in [1.29, 1.82) is 0 Å². The van der Waals surface area contributed by atoms with Crippen LogP contribution in [0.25, 0.3) is 0 Å². The van der Waals surface area contributed by atoms with E-state index in [2.05, 4.69) is 10.6 Å². The third-order valence-corrected chi connectivity index (χ3v) is 3.72. The number of amides is 2. The van der Waals surface area contributed by atoms with E-state index in [0.717, 1.165) is 17.7 Å².